The Morgan fingerprint density at radius 3 is 2.28 bits per heavy atom. The Hall–Kier alpha value is -2.87. The molecule has 0 saturated heterocycles. The molecule has 0 amide bonds. The van der Waals surface area contributed by atoms with E-state index < -0.39 is 17.6 Å². The number of rotatable bonds is 3. The van der Waals surface area contributed by atoms with Gasteiger partial charge < -0.3 is 10.8 Å². The van der Waals surface area contributed by atoms with Gasteiger partial charge in [0.1, 0.15) is 11.6 Å². The molecule has 0 bridgehead atoms. The maximum atomic E-state index is 13.9. The number of nitrogens with two attached hydrogens (primary N) is 1. The minimum Gasteiger partial charge on any atom is -0.392 e. The topological polar surface area (TPSA) is 64.1 Å². The summed E-state index contributed by atoms with van der Waals surface area (Å²) in [5.74, 6) is -1.23. The average Bonchev–Trinajstić information content (AvgIpc) is 2.95. The third-order valence-corrected chi connectivity index (χ3v) is 3.66. The van der Waals surface area contributed by atoms with Gasteiger partial charge >= 0.3 is 6.18 Å². The highest BCUT2D eigenvalue weighted by molar-refractivity contribution is 5.66. The molecule has 8 heteroatoms. The van der Waals surface area contributed by atoms with Crippen LogP contribution < -0.4 is 5.73 Å². The molecule has 0 aliphatic carbocycles. The summed E-state index contributed by atoms with van der Waals surface area (Å²) < 4.78 is 53.4. The molecule has 0 aliphatic rings. The molecular formula is C17H13F4N3O. The van der Waals surface area contributed by atoms with Gasteiger partial charge in [-0.25, -0.2) is 9.07 Å². The lowest BCUT2D eigenvalue weighted by atomic mass is 10.1. The quantitative estimate of drug-likeness (QED) is 0.706. The van der Waals surface area contributed by atoms with Crippen LogP contribution in [0.5, 0.6) is 0 Å². The Bertz CT molecular complexity index is 901. The van der Waals surface area contributed by atoms with Crippen LogP contribution in [-0.4, -0.2) is 14.9 Å². The predicted octanol–water partition coefficient (Wildman–Crippen LogP) is 3.77. The van der Waals surface area contributed by atoms with Gasteiger partial charge in [0.15, 0.2) is 0 Å². The van der Waals surface area contributed by atoms with Crippen molar-refractivity contribution >= 4 is 5.82 Å². The number of anilines is 1. The van der Waals surface area contributed by atoms with Crippen LogP contribution in [0.4, 0.5) is 23.4 Å². The molecule has 130 valence electrons. The average molecular weight is 351 g/mol. The van der Waals surface area contributed by atoms with Gasteiger partial charge in [0.05, 0.1) is 23.6 Å². The number of aliphatic hydroxyl groups excluding tert-OH is 1. The second kappa shape index (κ2) is 6.21. The van der Waals surface area contributed by atoms with E-state index >= 15 is 0 Å². The van der Waals surface area contributed by atoms with Gasteiger partial charge in [-0.15, -0.1) is 0 Å². The van der Waals surface area contributed by atoms with Crippen LogP contribution in [0.1, 0.15) is 11.1 Å². The fourth-order valence-corrected chi connectivity index (χ4v) is 2.45. The van der Waals surface area contributed by atoms with E-state index in [4.69, 9.17) is 10.8 Å². The van der Waals surface area contributed by atoms with Crippen molar-refractivity contribution in [2.24, 2.45) is 0 Å². The monoisotopic (exact) mass is 351 g/mol. The zero-order valence-corrected chi connectivity index (χ0v) is 12.8. The van der Waals surface area contributed by atoms with Crippen LogP contribution in [0.15, 0.2) is 48.5 Å². The summed E-state index contributed by atoms with van der Waals surface area (Å²) in [5.41, 5.74) is 6.19. The summed E-state index contributed by atoms with van der Waals surface area (Å²) in [5, 5.41) is 13.2. The van der Waals surface area contributed by atoms with Gasteiger partial charge in [-0.1, -0.05) is 18.2 Å². The van der Waals surface area contributed by atoms with Gasteiger partial charge in [0, 0.05) is 11.6 Å². The molecule has 0 saturated carbocycles. The SMILES string of the molecule is Nc1cc(-c2ccc(C(F)(F)F)c(F)c2)n(-c2ccc(CO)cc2)n1. The van der Waals surface area contributed by atoms with Crippen LogP contribution in [0.3, 0.4) is 0 Å². The molecule has 25 heavy (non-hydrogen) atoms. The van der Waals surface area contributed by atoms with Gasteiger partial charge in [-0.05, 0) is 29.8 Å². The first kappa shape index (κ1) is 17.0. The van der Waals surface area contributed by atoms with Crippen LogP contribution in [0.25, 0.3) is 16.9 Å². The Morgan fingerprint density at radius 1 is 1.04 bits per heavy atom. The minimum absolute atomic E-state index is 0.126. The fourth-order valence-electron chi connectivity index (χ4n) is 2.45. The molecule has 3 N–H and O–H groups in total. The van der Waals surface area contributed by atoms with E-state index in [1.165, 1.54) is 16.8 Å². The molecule has 0 fully saturated rings. The second-order valence-electron chi connectivity index (χ2n) is 5.38. The van der Waals surface area contributed by atoms with Crippen molar-refractivity contribution in [1.29, 1.82) is 0 Å². The van der Waals surface area contributed by atoms with Crippen molar-refractivity contribution in [3.05, 3.63) is 65.5 Å². The molecule has 1 aromatic heterocycles. The molecule has 3 rings (SSSR count). The van der Waals surface area contributed by atoms with Crippen molar-refractivity contribution < 1.29 is 22.7 Å². The highest BCUT2D eigenvalue weighted by Gasteiger charge is 2.34. The summed E-state index contributed by atoms with van der Waals surface area (Å²) in [6.07, 6.45) is -4.76. The van der Waals surface area contributed by atoms with E-state index in [2.05, 4.69) is 5.10 Å². The smallest absolute Gasteiger partial charge is 0.392 e. The lowest BCUT2D eigenvalue weighted by Gasteiger charge is -2.11. The Balaban J connectivity index is 2.08. The minimum atomic E-state index is -4.76. The predicted molar refractivity (Wildman–Crippen MR) is 84.3 cm³/mol. The summed E-state index contributed by atoms with van der Waals surface area (Å²) in [6, 6.07) is 10.8. The van der Waals surface area contributed by atoms with Crippen LogP contribution in [0, 0.1) is 5.82 Å². The van der Waals surface area contributed by atoms with Crippen molar-refractivity contribution in [2.75, 3.05) is 5.73 Å². The van der Waals surface area contributed by atoms with E-state index in [1.807, 2.05) is 0 Å². The molecule has 4 nitrogen and oxygen atoms in total. The number of halogens is 4. The van der Waals surface area contributed by atoms with E-state index in [1.54, 1.807) is 24.3 Å². The van der Waals surface area contributed by atoms with E-state index in [0.717, 1.165) is 6.07 Å². The van der Waals surface area contributed by atoms with E-state index in [-0.39, 0.29) is 18.0 Å². The number of nitrogens with zero attached hydrogens (tertiary/aromatic N) is 2. The van der Waals surface area contributed by atoms with Gasteiger partial charge in [0.25, 0.3) is 0 Å². The molecule has 0 radical (unpaired) electrons. The molecule has 3 aromatic rings. The molecule has 1 heterocycles. The number of aliphatic hydroxyl groups is 1. The first-order chi connectivity index (χ1) is 11.8. The summed E-state index contributed by atoms with van der Waals surface area (Å²) >= 11 is 0. The zero-order valence-electron chi connectivity index (χ0n) is 12.8. The second-order valence-corrected chi connectivity index (χ2v) is 5.38. The first-order valence-corrected chi connectivity index (χ1v) is 7.22. The normalized spacial score (nSPS) is 11.7. The van der Waals surface area contributed by atoms with Gasteiger partial charge in [-0.3, -0.25) is 0 Å². The number of hydrogen-bond acceptors (Lipinski definition) is 3. The number of nitrogen functional groups attached to an aromatic ring is 1. The van der Waals surface area contributed by atoms with Crippen LogP contribution >= 0.6 is 0 Å². The van der Waals surface area contributed by atoms with Crippen molar-refractivity contribution in [2.45, 2.75) is 12.8 Å². The molecular weight excluding hydrogens is 338 g/mol. The molecule has 0 unspecified atom stereocenters. The number of hydrogen-bond donors (Lipinski definition) is 2. The summed E-state index contributed by atoms with van der Waals surface area (Å²) in [6.45, 7) is -0.126. The van der Waals surface area contributed by atoms with Crippen molar-refractivity contribution in [1.82, 2.24) is 9.78 Å². The van der Waals surface area contributed by atoms with Gasteiger partial charge in [-0.2, -0.15) is 18.3 Å². The van der Waals surface area contributed by atoms with Crippen LogP contribution in [-0.2, 0) is 12.8 Å². The number of alkyl halides is 3. The third kappa shape index (κ3) is 3.34. The van der Waals surface area contributed by atoms with E-state index in [0.29, 0.717) is 23.0 Å². The largest absolute Gasteiger partial charge is 0.419 e. The fraction of sp³-hybridized carbons (Fsp3) is 0.118. The first-order valence-electron chi connectivity index (χ1n) is 7.22. The molecule has 0 aliphatic heterocycles. The third-order valence-electron chi connectivity index (χ3n) is 3.66. The summed E-state index contributed by atoms with van der Waals surface area (Å²) in [4.78, 5) is 0. The van der Waals surface area contributed by atoms with E-state index in [9.17, 15) is 17.6 Å². The highest BCUT2D eigenvalue weighted by atomic mass is 19.4. The number of benzene rings is 2. The number of aromatic nitrogens is 2. The Kier molecular flexibility index (Phi) is 4.22. The zero-order chi connectivity index (χ0) is 18.2. The van der Waals surface area contributed by atoms with Crippen LogP contribution in [0.2, 0.25) is 0 Å². The summed E-state index contributed by atoms with van der Waals surface area (Å²) in [7, 11) is 0. The van der Waals surface area contributed by atoms with Crippen molar-refractivity contribution in [3.8, 4) is 16.9 Å². The maximum absolute atomic E-state index is 13.9. The standard InChI is InChI=1S/C17H13F4N3O/c18-14-7-11(3-6-13(14)17(19,20)21)15-8-16(22)23-24(15)12-4-1-10(9-25)2-5-12/h1-8,25H,9H2,(H2,22,23). The Labute approximate surface area is 140 Å². The molecule has 0 spiro atoms. The molecule has 0 atom stereocenters. The highest BCUT2D eigenvalue weighted by Crippen LogP contribution is 2.34. The maximum Gasteiger partial charge on any atom is 0.419 e. The Morgan fingerprint density at radius 2 is 1.72 bits per heavy atom. The molecule has 2 aromatic carbocycles. The van der Waals surface area contributed by atoms with Crippen molar-refractivity contribution in [3.63, 3.8) is 0 Å². The lowest BCUT2D eigenvalue weighted by molar-refractivity contribution is -0.139. The lowest BCUT2D eigenvalue weighted by Crippen LogP contribution is -2.08. The van der Waals surface area contributed by atoms with Gasteiger partial charge in [0.2, 0.25) is 0 Å².